The summed E-state index contributed by atoms with van der Waals surface area (Å²) in [4.78, 5) is 23.6. The van der Waals surface area contributed by atoms with Gasteiger partial charge in [-0.3, -0.25) is 4.79 Å². The zero-order valence-corrected chi connectivity index (χ0v) is 10.3. The Kier molecular flexibility index (Phi) is 4.02. The van der Waals surface area contributed by atoms with Crippen molar-refractivity contribution < 1.29 is 28.2 Å². The van der Waals surface area contributed by atoms with Gasteiger partial charge in [-0.15, -0.1) is 0 Å². The van der Waals surface area contributed by atoms with E-state index in [4.69, 9.17) is 5.11 Å². The summed E-state index contributed by atoms with van der Waals surface area (Å²) in [5.74, 6) is -1.46. The lowest BCUT2D eigenvalue weighted by molar-refractivity contribution is -0.145. The molecule has 0 atom stereocenters. The van der Waals surface area contributed by atoms with Crippen molar-refractivity contribution in [2.45, 2.75) is 6.61 Å². The van der Waals surface area contributed by atoms with Crippen molar-refractivity contribution in [3.8, 4) is 5.75 Å². The van der Waals surface area contributed by atoms with E-state index in [1.165, 1.54) is 29.2 Å². The van der Waals surface area contributed by atoms with E-state index in [1.807, 2.05) is 0 Å². The summed E-state index contributed by atoms with van der Waals surface area (Å²) in [6.07, 6.45) is 0. The Morgan fingerprint density at radius 3 is 2.40 bits per heavy atom. The third-order valence-corrected chi connectivity index (χ3v) is 2.85. The van der Waals surface area contributed by atoms with Crippen LogP contribution in [0.5, 0.6) is 5.75 Å². The fraction of sp³-hybridized carbons (Fsp3) is 0.333. The van der Waals surface area contributed by atoms with Gasteiger partial charge < -0.3 is 20.1 Å². The number of hydrogen-bond donors (Lipinski definition) is 2. The number of carbonyl (C=O) groups excluding carboxylic acids is 1. The van der Waals surface area contributed by atoms with Crippen molar-refractivity contribution in [2.24, 2.45) is 5.92 Å². The van der Waals surface area contributed by atoms with Crippen LogP contribution in [0.2, 0.25) is 0 Å². The monoisotopic (exact) mass is 286 g/mol. The molecule has 108 valence electrons. The van der Waals surface area contributed by atoms with Crippen LogP contribution in [0.25, 0.3) is 0 Å². The van der Waals surface area contributed by atoms with Crippen molar-refractivity contribution in [1.82, 2.24) is 4.90 Å². The molecule has 1 aromatic carbocycles. The molecule has 1 heterocycles. The van der Waals surface area contributed by atoms with Crippen LogP contribution >= 0.6 is 0 Å². The van der Waals surface area contributed by atoms with Crippen molar-refractivity contribution in [2.75, 3.05) is 18.4 Å². The van der Waals surface area contributed by atoms with Crippen LogP contribution in [-0.2, 0) is 4.79 Å². The Labute approximate surface area is 112 Å². The minimum absolute atomic E-state index is 0.00658. The fourth-order valence-corrected chi connectivity index (χ4v) is 1.72. The molecule has 0 radical (unpaired) electrons. The van der Waals surface area contributed by atoms with E-state index < -0.39 is 24.5 Å². The lowest BCUT2D eigenvalue weighted by atomic mass is 10.0. The lowest BCUT2D eigenvalue weighted by Gasteiger charge is -2.36. The highest BCUT2D eigenvalue weighted by molar-refractivity contribution is 5.91. The van der Waals surface area contributed by atoms with Crippen molar-refractivity contribution in [3.05, 3.63) is 24.3 Å². The first-order chi connectivity index (χ1) is 9.45. The molecule has 1 fully saturated rings. The van der Waals surface area contributed by atoms with Crippen LogP contribution in [0.3, 0.4) is 0 Å². The molecule has 0 unspecified atom stereocenters. The molecule has 0 aromatic heterocycles. The van der Waals surface area contributed by atoms with Gasteiger partial charge in [-0.25, -0.2) is 4.79 Å². The topological polar surface area (TPSA) is 78.9 Å². The normalized spacial score (nSPS) is 14.8. The molecule has 1 aliphatic rings. The zero-order valence-electron chi connectivity index (χ0n) is 10.3. The molecule has 2 N–H and O–H groups in total. The van der Waals surface area contributed by atoms with Gasteiger partial charge in [0, 0.05) is 18.8 Å². The predicted molar refractivity (Wildman–Crippen MR) is 64.8 cm³/mol. The SMILES string of the molecule is O=C(O)C1CN(C(=O)Nc2ccc(OC(F)F)cc2)C1. The van der Waals surface area contributed by atoms with Gasteiger partial charge in [0.05, 0.1) is 5.92 Å². The van der Waals surface area contributed by atoms with Gasteiger partial charge in [0.15, 0.2) is 0 Å². The number of aliphatic carboxylic acids is 1. The molecule has 0 bridgehead atoms. The first kappa shape index (κ1) is 14.0. The molecule has 0 saturated carbocycles. The van der Waals surface area contributed by atoms with Crippen molar-refractivity contribution in [3.63, 3.8) is 0 Å². The number of anilines is 1. The quantitative estimate of drug-likeness (QED) is 0.885. The van der Waals surface area contributed by atoms with E-state index in [0.717, 1.165) is 0 Å². The molecule has 1 saturated heterocycles. The largest absolute Gasteiger partial charge is 0.481 e. The number of benzene rings is 1. The van der Waals surface area contributed by atoms with Crippen molar-refractivity contribution >= 4 is 17.7 Å². The van der Waals surface area contributed by atoms with Crippen LogP contribution in [0, 0.1) is 5.92 Å². The number of halogens is 2. The maximum Gasteiger partial charge on any atom is 0.387 e. The first-order valence-corrected chi connectivity index (χ1v) is 5.79. The number of urea groups is 1. The highest BCUT2D eigenvalue weighted by Gasteiger charge is 2.35. The van der Waals surface area contributed by atoms with Crippen LogP contribution < -0.4 is 10.1 Å². The zero-order chi connectivity index (χ0) is 14.7. The number of nitrogens with one attached hydrogen (secondary N) is 1. The summed E-state index contributed by atoms with van der Waals surface area (Å²) in [6.45, 7) is -2.58. The third kappa shape index (κ3) is 3.34. The van der Waals surface area contributed by atoms with Gasteiger partial charge in [0.2, 0.25) is 0 Å². The average molecular weight is 286 g/mol. The Bertz CT molecular complexity index is 501. The Morgan fingerprint density at radius 1 is 1.30 bits per heavy atom. The van der Waals surface area contributed by atoms with Gasteiger partial charge in [-0.05, 0) is 24.3 Å². The van der Waals surface area contributed by atoms with E-state index in [2.05, 4.69) is 10.1 Å². The molecular formula is C12H12F2N2O4. The second-order valence-corrected chi connectivity index (χ2v) is 4.27. The van der Waals surface area contributed by atoms with Gasteiger partial charge in [-0.2, -0.15) is 8.78 Å². The number of alkyl halides is 2. The number of amides is 2. The molecule has 1 aliphatic heterocycles. The number of ether oxygens (including phenoxy) is 1. The van der Waals surface area contributed by atoms with Gasteiger partial charge in [-0.1, -0.05) is 0 Å². The summed E-state index contributed by atoms with van der Waals surface area (Å²) < 4.78 is 28.1. The van der Waals surface area contributed by atoms with Crippen LogP contribution in [0.1, 0.15) is 0 Å². The highest BCUT2D eigenvalue weighted by Crippen LogP contribution is 2.20. The molecular weight excluding hydrogens is 274 g/mol. The Balaban J connectivity index is 1.84. The number of likely N-dealkylation sites (tertiary alicyclic amines) is 1. The van der Waals surface area contributed by atoms with Gasteiger partial charge in [0.25, 0.3) is 0 Å². The van der Waals surface area contributed by atoms with Crippen LogP contribution in [-0.4, -0.2) is 41.7 Å². The summed E-state index contributed by atoms with van der Waals surface area (Å²) >= 11 is 0. The second kappa shape index (κ2) is 5.72. The number of rotatable bonds is 4. The molecule has 2 amide bonds. The van der Waals surface area contributed by atoms with E-state index >= 15 is 0 Å². The van der Waals surface area contributed by atoms with E-state index in [0.29, 0.717) is 5.69 Å². The molecule has 2 rings (SSSR count). The first-order valence-electron chi connectivity index (χ1n) is 5.79. The Morgan fingerprint density at radius 2 is 1.90 bits per heavy atom. The molecule has 6 nitrogen and oxygen atoms in total. The molecule has 20 heavy (non-hydrogen) atoms. The minimum atomic E-state index is -2.90. The summed E-state index contributed by atoms with van der Waals surface area (Å²) in [6, 6.07) is 5.02. The lowest BCUT2D eigenvalue weighted by Crippen LogP contribution is -2.54. The van der Waals surface area contributed by atoms with Crippen LogP contribution in [0.4, 0.5) is 19.3 Å². The predicted octanol–water partition coefficient (Wildman–Crippen LogP) is 1.84. The van der Waals surface area contributed by atoms with E-state index in [-0.39, 0.29) is 18.8 Å². The minimum Gasteiger partial charge on any atom is -0.481 e. The van der Waals surface area contributed by atoms with Gasteiger partial charge in [0.1, 0.15) is 5.75 Å². The average Bonchev–Trinajstić information content (AvgIpc) is 2.28. The van der Waals surface area contributed by atoms with Gasteiger partial charge >= 0.3 is 18.6 Å². The maximum absolute atomic E-state index is 11.9. The third-order valence-electron chi connectivity index (χ3n) is 2.85. The smallest absolute Gasteiger partial charge is 0.387 e. The number of carboxylic acid groups (broad SMARTS) is 1. The summed E-state index contributed by atoms with van der Waals surface area (Å²) in [5, 5.41) is 11.2. The highest BCUT2D eigenvalue weighted by atomic mass is 19.3. The maximum atomic E-state index is 11.9. The van der Waals surface area contributed by atoms with Crippen LogP contribution in [0.15, 0.2) is 24.3 Å². The molecule has 0 aliphatic carbocycles. The number of nitrogens with zero attached hydrogens (tertiary/aromatic N) is 1. The molecule has 1 aromatic rings. The second-order valence-electron chi connectivity index (χ2n) is 4.27. The molecule has 0 spiro atoms. The number of hydrogen-bond acceptors (Lipinski definition) is 3. The summed E-state index contributed by atoms with van der Waals surface area (Å²) in [5.41, 5.74) is 0.412. The molecule has 8 heteroatoms. The number of carboxylic acids is 1. The van der Waals surface area contributed by atoms with E-state index in [9.17, 15) is 18.4 Å². The standard InChI is InChI=1S/C12H12F2N2O4/c13-11(14)20-9-3-1-8(2-4-9)15-12(19)16-5-7(6-16)10(17)18/h1-4,7,11H,5-6H2,(H,15,19)(H,17,18). The number of carbonyl (C=O) groups is 2. The fourth-order valence-electron chi connectivity index (χ4n) is 1.72. The van der Waals surface area contributed by atoms with E-state index in [1.54, 1.807) is 0 Å². The van der Waals surface area contributed by atoms with Crippen molar-refractivity contribution in [1.29, 1.82) is 0 Å². The summed E-state index contributed by atoms with van der Waals surface area (Å²) in [7, 11) is 0. The Hall–Kier alpha value is -2.38.